The van der Waals surface area contributed by atoms with Crippen LogP contribution in [0.5, 0.6) is 0 Å². The molecule has 1 heterocycles. The Bertz CT molecular complexity index is 305. The molecule has 0 unspecified atom stereocenters. The first kappa shape index (κ1) is 11.6. The fourth-order valence-electron chi connectivity index (χ4n) is 1.39. The highest BCUT2D eigenvalue weighted by Gasteiger charge is 2.09. The summed E-state index contributed by atoms with van der Waals surface area (Å²) in [7, 11) is 1.92. The molecular formula is C10H18BrN3. The monoisotopic (exact) mass is 259 g/mol. The van der Waals surface area contributed by atoms with E-state index in [0.29, 0.717) is 5.95 Å². The standard InChI is InChI=1S/C10H18BrN3/c1-7(2)5-4-6-8-9(11)14(3)10(12)13-8/h7H,4-6H2,1-3H3,(H2,12,13). The Morgan fingerprint density at radius 2 is 2.14 bits per heavy atom. The third kappa shape index (κ3) is 2.74. The van der Waals surface area contributed by atoms with Gasteiger partial charge in [-0.2, -0.15) is 0 Å². The predicted molar refractivity (Wildman–Crippen MR) is 63.1 cm³/mol. The molecule has 80 valence electrons. The second kappa shape index (κ2) is 4.82. The van der Waals surface area contributed by atoms with Crippen molar-refractivity contribution in [1.82, 2.24) is 9.55 Å². The highest BCUT2D eigenvalue weighted by atomic mass is 79.9. The molecule has 0 fully saturated rings. The molecule has 0 aliphatic carbocycles. The van der Waals surface area contributed by atoms with Crippen molar-refractivity contribution in [3.05, 3.63) is 10.3 Å². The van der Waals surface area contributed by atoms with Crippen LogP contribution in [0.3, 0.4) is 0 Å². The van der Waals surface area contributed by atoms with Gasteiger partial charge in [0.25, 0.3) is 0 Å². The zero-order valence-electron chi connectivity index (χ0n) is 9.05. The molecule has 0 radical (unpaired) electrons. The minimum Gasteiger partial charge on any atom is -0.369 e. The molecule has 0 aliphatic rings. The molecule has 2 N–H and O–H groups in total. The smallest absolute Gasteiger partial charge is 0.201 e. The van der Waals surface area contributed by atoms with Crippen molar-refractivity contribution >= 4 is 21.9 Å². The lowest BCUT2D eigenvalue weighted by atomic mass is 10.1. The lowest BCUT2D eigenvalue weighted by Gasteiger charge is -2.02. The number of rotatable bonds is 4. The highest BCUT2D eigenvalue weighted by molar-refractivity contribution is 9.10. The fourth-order valence-corrected chi connectivity index (χ4v) is 1.86. The number of nitrogen functional groups attached to an aromatic ring is 1. The number of aromatic nitrogens is 2. The fraction of sp³-hybridized carbons (Fsp3) is 0.700. The van der Waals surface area contributed by atoms with E-state index >= 15 is 0 Å². The van der Waals surface area contributed by atoms with Crippen molar-refractivity contribution in [3.8, 4) is 0 Å². The maximum absolute atomic E-state index is 5.69. The van der Waals surface area contributed by atoms with Crippen molar-refractivity contribution in [3.63, 3.8) is 0 Å². The molecule has 3 nitrogen and oxygen atoms in total. The molecule has 0 aliphatic heterocycles. The van der Waals surface area contributed by atoms with E-state index in [1.165, 1.54) is 12.8 Å². The first-order chi connectivity index (χ1) is 6.52. The van der Waals surface area contributed by atoms with Crippen molar-refractivity contribution in [2.24, 2.45) is 13.0 Å². The van der Waals surface area contributed by atoms with Gasteiger partial charge in [0.15, 0.2) is 0 Å². The molecule has 4 heteroatoms. The topological polar surface area (TPSA) is 43.8 Å². The van der Waals surface area contributed by atoms with Gasteiger partial charge in [-0.15, -0.1) is 0 Å². The maximum atomic E-state index is 5.69. The van der Waals surface area contributed by atoms with Gasteiger partial charge >= 0.3 is 0 Å². The van der Waals surface area contributed by atoms with Crippen LogP contribution in [0.2, 0.25) is 0 Å². The van der Waals surface area contributed by atoms with E-state index in [-0.39, 0.29) is 0 Å². The number of aryl methyl sites for hydroxylation is 1. The van der Waals surface area contributed by atoms with Crippen LogP contribution in [0.15, 0.2) is 4.60 Å². The second-order valence-electron chi connectivity index (χ2n) is 4.05. The molecule has 1 aromatic heterocycles. The molecule has 0 saturated carbocycles. The van der Waals surface area contributed by atoms with Gasteiger partial charge in [0.1, 0.15) is 4.60 Å². The summed E-state index contributed by atoms with van der Waals surface area (Å²) in [4.78, 5) is 4.30. The molecule has 14 heavy (non-hydrogen) atoms. The Morgan fingerprint density at radius 3 is 2.57 bits per heavy atom. The summed E-state index contributed by atoms with van der Waals surface area (Å²) in [5.74, 6) is 1.34. The van der Waals surface area contributed by atoms with E-state index in [4.69, 9.17) is 5.73 Å². The highest BCUT2D eigenvalue weighted by Crippen LogP contribution is 2.21. The van der Waals surface area contributed by atoms with Crippen LogP contribution in [-0.4, -0.2) is 9.55 Å². The molecule has 0 saturated heterocycles. The van der Waals surface area contributed by atoms with Crippen molar-refractivity contribution in [2.45, 2.75) is 33.1 Å². The number of halogens is 1. The van der Waals surface area contributed by atoms with Gasteiger partial charge in [-0.3, -0.25) is 0 Å². The quantitative estimate of drug-likeness (QED) is 0.904. The average Bonchev–Trinajstić information content (AvgIpc) is 2.33. The van der Waals surface area contributed by atoms with Crippen LogP contribution >= 0.6 is 15.9 Å². The van der Waals surface area contributed by atoms with Gasteiger partial charge in [0, 0.05) is 7.05 Å². The third-order valence-corrected chi connectivity index (χ3v) is 3.31. The van der Waals surface area contributed by atoms with Gasteiger partial charge < -0.3 is 10.3 Å². The van der Waals surface area contributed by atoms with Gasteiger partial charge in [0.2, 0.25) is 5.95 Å². The summed E-state index contributed by atoms with van der Waals surface area (Å²) in [6, 6.07) is 0. The molecule has 0 amide bonds. The lowest BCUT2D eigenvalue weighted by Crippen LogP contribution is -1.96. The minimum atomic E-state index is 0.580. The summed E-state index contributed by atoms with van der Waals surface area (Å²) in [5.41, 5.74) is 6.77. The van der Waals surface area contributed by atoms with Crippen LogP contribution in [0.1, 0.15) is 32.4 Å². The van der Waals surface area contributed by atoms with E-state index in [1.54, 1.807) is 0 Å². The molecule has 1 aromatic rings. The zero-order valence-corrected chi connectivity index (χ0v) is 10.6. The average molecular weight is 260 g/mol. The van der Waals surface area contributed by atoms with E-state index in [0.717, 1.165) is 22.6 Å². The molecule has 0 aromatic carbocycles. The van der Waals surface area contributed by atoms with Crippen molar-refractivity contribution < 1.29 is 0 Å². The predicted octanol–water partition coefficient (Wildman–Crippen LogP) is 2.74. The maximum Gasteiger partial charge on any atom is 0.201 e. The van der Waals surface area contributed by atoms with Crippen LogP contribution < -0.4 is 5.73 Å². The van der Waals surface area contributed by atoms with Crippen molar-refractivity contribution in [1.29, 1.82) is 0 Å². The third-order valence-electron chi connectivity index (χ3n) is 2.32. The van der Waals surface area contributed by atoms with E-state index < -0.39 is 0 Å². The largest absolute Gasteiger partial charge is 0.369 e. The van der Waals surface area contributed by atoms with Crippen LogP contribution in [-0.2, 0) is 13.5 Å². The number of nitrogens with two attached hydrogens (primary N) is 1. The Kier molecular flexibility index (Phi) is 3.98. The minimum absolute atomic E-state index is 0.580. The normalized spacial score (nSPS) is 11.2. The van der Waals surface area contributed by atoms with Crippen LogP contribution in [0, 0.1) is 5.92 Å². The Balaban J connectivity index is 2.55. The Morgan fingerprint density at radius 1 is 1.50 bits per heavy atom. The Hall–Kier alpha value is -0.510. The summed E-state index contributed by atoms with van der Waals surface area (Å²) in [6.45, 7) is 4.48. The number of anilines is 1. The number of hydrogen-bond acceptors (Lipinski definition) is 2. The van der Waals surface area contributed by atoms with Crippen LogP contribution in [0.4, 0.5) is 5.95 Å². The summed E-state index contributed by atoms with van der Waals surface area (Å²) >= 11 is 3.49. The number of hydrogen-bond donors (Lipinski definition) is 1. The van der Waals surface area contributed by atoms with E-state index in [1.807, 2.05) is 11.6 Å². The van der Waals surface area contributed by atoms with Gasteiger partial charge in [-0.05, 0) is 34.7 Å². The van der Waals surface area contributed by atoms with Gasteiger partial charge in [-0.25, -0.2) is 4.98 Å². The molecule has 0 atom stereocenters. The molecule has 1 rings (SSSR count). The summed E-state index contributed by atoms with van der Waals surface area (Å²) in [5, 5.41) is 0. The molecule has 0 spiro atoms. The van der Waals surface area contributed by atoms with Crippen molar-refractivity contribution in [2.75, 3.05) is 5.73 Å². The summed E-state index contributed by atoms with van der Waals surface area (Å²) in [6.07, 6.45) is 3.42. The second-order valence-corrected chi connectivity index (χ2v) is 4.80. The molecular weight excluding hydrogens is 242 g/mol. The zero-order chi connectivity index (χ0) is 10.7. The van der Waals surface area contributed by atoms with E-state index in [2.05, 4.69) is 34.8 Å². The lowest BCUT2D eigenvalue weighted by molar-refractivity contribution is 0.553. The first-order valence-corrected chi connectivity index (χ1v) is 5.78. The van der Waals surface area contributed by atoms with Gasteiger partial charge in [-0.1, -0.05) is 20.3 Å². The number of imidazole rings is 1. The van der Waals surface area contributed by atoms with E-state index in [9.17, 15) is 0 Å². The number of nitrogens with zero attached hydrogens (tertiary/aromatic N) is 2. The molecule has 0 bridgehead atoms. The SMILES string of the molecule is CC(C)CCCc1nc(N)n(C)c1Br. The first-order valence-electron chi connectivity index (χ1n) is 4.99. The van der Waals surface area contributed by atoms with Gasteiger partial charge in [0.05, 0.1) is 5.69 Å². The summed E-state index contributed by atoms with van der Waals surface area (Å²) < 4.78 is 2.88. The Labute approximate surface area is 93.8 Å². The van der Waals surface area contributed by atoms with Crippen LogP contribution in [0.25, 0.3) is 0 Å².